The van der Waals surface area contributed by atoms with Gasteiger partial charge in [0.1, 0.15) is 0 Å². The van der Waals surface area contributed by atoms with E-state index in [1.54, 1.807) is 6.92 Å². The number of halogens is 3. The number of nitrogens with zero attached hydrogens (tertiary/aromatic N) is 1. The lowest BCUT2D eigenvalue weighted by atomic mass is 9.90. The standard InChI is InChI=1S/C13H14F3NO2S/c1-2-12(19)7-17(8-12)11(18)9-5-3-4-6-10(9)20-13(14,15)16/h3-6,19H,2,7-8H2,1H3. The second kappa shape index (κ2) is 5.29. The first-order valence-electron chi connectivity index (χ1n) is 6.10. The molecule has 1 aromatic carbocycles. The number of β-amino-alcohol motifs (C(OH)–C–C–N with tert-alkyl or cyclic N) is 1. The third kappa shape index (κ3) is 3.27. The Morgan fingerprint density at radius 2 is 2.00 bits per heavy atom. The molecule has 3 nitrogen and oxygen atoms in total. The summed E-state index contributed by atoms with van der Waals surface area (Å²) in [6, 6.07) is 5.64. The molecule has 0 spiro atoms. The van der Waals surface area contributed by atoms with Gasteiger partial charge in [0, 0.05) is 4.90 Å². The van der Waals surface area contributed by atoms with Crippen LogP contribution in [0.4, 0.5) is 13.2 Å². The van der Waals surface area contributed by atoms with Crippen LogP contribution in [0.2, 0.25) is 0 Å². The summed E-state index contributed by atoms with van der Waals surface area (Å²) < 4.78 is 37.4. The van der Waals surface area contributed by atoms with Crippen LogP contribution >= 0.6 is 11.8 Å². The molecule has 7 heteroatoms. The Hall–Kier alpha value is -1.21. The molecular formula is C13H14F3NO2S. The molecule has 110 valence electrons. The van der Waals surface area contributed by atoms with Crippen molar-refractivity contribution in [3.05, 3.63) is 29.8 Å². The van der Waals surface area contributed by atoms with E-state index in [4.69, 9.17) is 0 Å². The fourth-order valence-corrected chi connectivity index (χ4v) is 2.72. The number of amides is 1. The number of carbonyl (C=O) groups excluding carboxylic acids is 1. The molecule has 1 aromatic rings. The molecule has 1 aliphatic rings. The van der Waals surface area contributed by atoms with E-state index in [1.165, 1.54) is 29.2 Å². The molecule has 1 saturated heterocycles. The fraction of sp³-hybridized carbons (Fsp3) is 0.462. The lowest BCUT2D eigenvalue weighted by Crippen LogP contribution is -2.63. The van der Waals surface area contributed by atoms with Crippen LogP contribution < -0.4 is 0 Å². The second-order valence-electron chi connectivity index (χ2n) is 4.78. The molecule has 0 radical (unpaired) electrons. The number of rotatable bonds is 3. The van der Waals surface area contributed by atoms with Crippen molar-refractivity contribution in [3.8, 4) is 0 Å². The molecule has 0 aromatic heterocycles. The number of carbonyl (C=O) groups is 1. The maximum atomic E-state index is 12.5. The SMILES string of the molecule is CCC1(O)CN(C(=O)c2ccccc2SC(F)(F)F)C1. The number of alkyl halides is 3. The third-order valence-electron chi connectivity index (χ3n) is 3.26. The molecule has 20 heavy (non-hydrogen) atoms. The van der Waals surface area contributed by atoms with Crippen LogP contribution in [0.15, 0.2) is 29.2 Å². The van der Waals surface area contributed by atoms with Crippen LogP contribution in [0.25, 0.3) is 0 Å². The molecule has 2 rings (SSSR count). The van der Waals surface area contributed by atoms with E-state index in [9.17, 15) is 23.1 Å². The minimum atomic E-state index is -4.44. The van der Waals surface area contributed by atoms with Gasteiger partial charge in [-0.15, -0.1) is 0 Å². The van der Waals surface area contributed by atoms with E-state index < -0.39 is 17.0 Å². The maximum Gasteiger partial charge on any atom is 0.446 e. The van der Waals surface area contributed by atoms with Crippen LogP contribution in [0, 0.1) is 0 Å². The first kappa shape index (κ1) is 15.2. The largest absolute Gasteiger partial charge is 0.446 e. The van der Waals surface area contributed by atoms with Crippen molar-refractivity contribution >= 4 is 17.7 Å². The Balaban J connectivity index is 2.15. The number of aliphatic hydroxyl groups is 1. The smallest absolute Gasteiger partial charge is 0.386 e. The summed E-state index contributed by atoms with van der Waals surface area (Å²) in [5, 5.41) is 9.86. The molecule has 1 fully saturated rings. The van der Waals surface area contributed by atoms with E-state index >= 15 is 0 Å². The minimum Gasteiger partial charge on any atom is -0.386 e. The van der Waals surface area contributed by atoms with E-state index in [0.717, 1.165) is 0 Å². The number of likely N-dealkylation sites (tertiary alicyclic amines) is 1. The zero-order valence-electron chi connectivity index (χ0n) is 10.8. The van der Waals surface area contributed by atoms with Gasteiger partial charge in [0.15, 0.2) is 0 Å². The highest BCUT2D eigenvalue weighted by molar-refractivity contribution is 8.00. The van der Waals surface area contributed by atoms with E-state index in [0.29, 0.717) is 6.42 Å². The van der Waals surface area contributed by atoms with Crippen molar-refractivity contribution < 1.29 is 23.1 Å². The van der Waals surface area contributed by atoms with Crippen molar-refractivity contribution in [3.63, 3.8) is 0 Å². The highest BCUT2D eigenvalue weighted by Gasteiger charge is 2.43. The number of hydrogen-bond acceptors (Lipinski definition) is 3. The van der Waals surface area contributed by atoms with Crippen LogP contribution in [0.1, 0.15) is 23.7 Å². The van der Waals surface area contributed by atoms with E-state index in [1.807, 2.05) is 0 Å². The summed E-state index contributed by atoms with van der Waals surface area (Å²) in [5.74, 6) is -0.476. The number of thioether (sulfide) groups is 1. The second-order valence-corrected chi connectivity index (χ2v) is 5.89. The number of hydrogen-bond donors (Lipinski definition) is 1. The van der Waals surface area contributed by atoms with Crippen molar-refractivity contribution in [1.82, 2.24) is 4.90 Å². The molecule has 0 bridgehead atoms. The highest BCUT2D eigenvalue weighted by Crippen LogP contribution is 2.39. The summed E-state index contributed by atoms with van der Waals surface area (Å²) in [4.78, 5) is 13.4. The average Bonchev–Trinajstić information content (AvgIpc) is 2.33. The summed E-state index contributed by atoms with van der Waals surface area (Å²) in [5.41, 5.74) is -5.31. The van der Waals surface area contributed by atoms with Gasteiger partial charge in [0.25, 0.3) is 5.91 Å². The van der Waals surface area contributed by atoms with Gasteiger partial charge in [-0.1, -0.05) is 19.1 Å². The minimum absolute atomic E-state index is 0.0213. The Morgan fingerprint density at radius 1 is 1.40 bits per heavy atom. The molecule has 0 unspecified atom stereocenters. The Bertz CT molecular complexity index is 513. The van der Waals surface area contributed by atoms with Crippen molar-refractivity contribution in [2.45, 2.75) is 29.3 Å². The summed E-state index contributed by atoms with van der Waals surface area (Å²) in [6.07, 6.45) is 0.510. The van der Waals surface area contributed by atoms with E-state index in [-0.39, 0.29) is 35.3 Å². The van der Waals surface area contributed by atoms with Gasteiger partial charge in [0.05, 0.1) is 24.3 Å². The molecule has 1 aliphatic heterocycles. The average molecular weight is 305 g/mol. The third-order valence-corrected chi connectivity index (χ3v) is 4.07. The summed E-state index contributed by atoms with van der Waals surface area (Å²) in [6.45, 7) is 2.12. The van der Waals surface area contributed by atoms with Gasteiger partial charge in [-0.25, -0.2) is 0 Å². The predicted octanol–water partition coefficient (Wildman–Crippen LogP) is 2.90. The Kier molecular flexibility index (Phi) is 4.02. The molecule has 1 amide bonds. The van der Waals surface area contributed by atoms with Crippen LogP contribution in [-0.4, -0.2) is 40.1 Å². The van der Waals surface area contributed by atoms with Crippen LogP contribution in [0.3, 0.4) is 0 Å². The molecule has 1 N–H and O–H groups in total. The lowest BCUT2D eigenvalue weighted by Gasteiger charge is -2.46. The van der Waals surface area contributed by atoms with Crippen LogP contribution in [0.5, 0.6) is 0 Å². The molecule has 1 heterocycles. The van der Waals surface area contributed by atoms with Gasteiger partial charge in [-0.05, 0) is 30.3 Å². The first-order valence-corrected chi connectivity index (χ1v) is 6.92. The fourth-order valence-electron chi connectivity index (χ4n) is 2.06. The zero-order chi connectivity index (χ0) is 15.0. The molecule has 0 atom stereocenters. The van der Waals surface area contributed by atoms with E-state index in [2.05, 4.69) is 0 Å². The summed E-state index contributed by atoms with van der Waals surface area (Å²) in [7, 11) is 0. The van der Waals surface area contributed by atoms with Crippen molar-refractivity contribution in [2.24, 2.45) is 0 Å². The monoisotopic (exact) mass is 305 g/mol. The van der Waals surface area contributed by atoms with Crippen molar-refractivity contribution in [2.75, 3.05) is 13.1 Å². The van der Waals surface area contributed by atoms with Gasteiger partial charge in [-0.2, -0.15) is 13.2 Å². The van der Waals surface area contributed by atoms with Gasteiger partial charge in [-0.3, -0.25) is 4.79 Å². The van der Waals surface area contributed by atoms with Gasteiger partial charge >= 0.3 is 5.51 Å². The Labute approximate surface area is 118 Å². The van der Waals surface area contributed by atoms with Gasteiger partial charge < -0.3 is 10.0 Å². The molecular weight excluding hydrogens is 291 g/mol. The normalized spacial score (nSPS) is 17.8. The highest BCUT2D eigenvalue weighted by atomic mass is 32.2. The van der Waals surface area contributed by atoms with Gasteiger partial charge in [0.2, 0.25) is 0 Å². The van der Waals surface area contributed by atoms with Crippen LogP contribution in [-0.2, 0) is 0 Å². The Morgan fingerprint density at radius 3 is 2.55 bits per heavy atom. The maximum absolute atomic E-state index is 12.5. The quantitative estimate of drug-likeness (QED) is 0.873. The molecule has 0 aliphatic carbocycles. The lowest BCUT2D eigenvalue weighted by molar-refractivity contribution is -0.0827. The number of benzene rings is 1. The first-order chi connectivity index (χ1) is 9.24. The van der Waals surface area contributed by atoms with Crippen molar-refractivity contribution in [1.29, 1.82) is 0 Å². The summed E-state index contributed by atoms with van der Waals surface area (Å²) >= 11 is -0.297. The predicted molar refractivity (Wildman–Crippen MR) is 69.5 cm³/mol. The zero-order valence-corrected chi connectivity index (χ0v) is 11.6. The molecule has 0 saturated carbocycles. The topological polar surface area (TPSA) is 40.5 Å².